The highest BCUT2D eigenvalue weighted by molar-refractivity contribution is 6.38. The van der Waals surface area contributed by atoms with Gasteiger partial charge in [-0.2, -0.15) is 0 Å². The van der Waals surface area contributed by atoms with E-state index in [2.05, 4.69) is 26.3 Å². The van der Waals surface area contributed by atoms with E-state index in [0.29, 0.717) is 31.2 Å². The van der Waals surface area contributed by atoms with Crippen LogP contribution >= 0.6 is 0 Å². The van der Waals surface area contributed by atoms with Crippen LogP contribution in [0.2, 0.25) is 0 Å². The molecule has 5 atom stereocenters. The lowest BCUT2D eigenvalue weighted by Crippen LogP contribution is -2.61. The molecule has 5 amide bonds. The third kappa shape index (κ3) is 8.86. The number of carbonyl (C=O) groups is 7. The second kappa shape index (κ2) is 15.2. The van der Waals surface area contributed by atoms with Crippen LogP contribution < -0.4 is 21.3 Å². The molecular formula is C34H50N6O7. The summed E-state index contributed by atoms with van der Waals surface area (Å²) in [6.45, 7) is 8.63. The summed E-state index contributed by atoms with van der Waals surface area (Å²) in [6, 6.07) is -1.63. The lowest BCUT2D eigenvalue weighted by molar-refractivity contribution is -0.147. The van der Waals surface area contributed by atoms with Crippen LogP contribution in [0.25, 0.3) is 0 Å². The van der Waals surface area contributed by atoms with Crippen molar-refractivity contribution in [3.05, 3.63) is 23.5 Å². The van der Waals surface area contributed by atoms with Gasteiger partial charge in [-0.15, -0.1) is 0 Å². The predicted molar refractivity (Wildman–Crippen MR) is 173 cm³/mol. The zero-order valence-corrected chi connectivity index (χ0v) is 28.2. The number of hydrogen-bond donors (Lipinski definition) is 5. The van der Waals surface area contributed by atoms with Crippen LogP contribution in [0.5, 0.6) is 0 Å². The van der Waals surface area contributed by atoms with E-state index in [0.717, 1.165) is 38.5 Å². The quantitative estimate of drug-likeness (QED) is 0.150. The molecule has 1 aromatic heterocycles. The van der Waals surface area contributed by atoms with Gasteiger partial charge >= 0.3 is 0 Å². The molecule has 2 aliphatic carbocycles. The Hall–Kier alpha value is -4.03. The topological polar surface area (TPSA) is 187 Å². The lowest BCUT2D eigenvalue weighted by atomic mass is 9.83. The number of fused-ring (bicyclic) bond motifs is 1. The molecule has 0 aromatic carbocycles. The highest BCUT2D eigenvalue weighted by atomic mass is 16.2. The van der Waals surface area contributed by atoms with E-state index in [-0.39, 0.29) is 29.5 Å². The van der Waals surface area contributed by atoms with Gasteiger partial charge in [0.2, 0.25) is 23.5 Å². The Morgan fingerprint density at radius 3 is 2.32 bits per heavy atom. The smallest absolute Gasteiger partial charge is 0.289 e. The van der Waals surface area contributed by atoms with Crippen molar-refractivity contribution < 1.29 is 33.6 Å². The highest BCUT2D eigenvalue weighted by Crippen LogP contribution is 2.41. The summed E-state index contributed by atoms with van der Waals surface area (Å²) >= 11 is 0. The van der Waals surface area contributed by atoms with E-state index >= 15 is 0 Å². The molecule has 4 rings (SSSR count). The van der Waals surface area contributed by atoms with Gasteiger partial charge in [0.05, 0.1) is 12.6 Å². The Kier molecular flexibility index (Phi) is 11.6. The fraction of sp³-hybridized carbons (Fsp3) is 0.676. The van der Waals surface area contributed by atoms with Gasteiger partial charge in [0.25, 0.3) is 11.8 Å². The average molecular weight is 655 g/mol. The summed E-state index contributed by atoms with van der Waals surface area (Å²) in [4.78, 5) is 95.9. The summed E-state index contributed by atoms with van der Waals surface area (Å²) in [7, 11) is 0. The minimum absolute atomic E-state index is 0.00570. The number of amides is 5. The number of nitrogens with zero attached hydrogens (tertiary/aromatic N) is 1. The fourth-order valence-corrected chi connectivity index (χ4v) is 6.64. The maximum Gasteiger partial charge on any atom is 0.289 e. The van der Waals surface area contributed by atoms with Crippen LogP contribution in [0.4, 0.5) is 0 Å². The van der Waals surface area contributed by atoms with Gasteiger partial charge in [-0.1, -0.05) is 53.9 Å². The van der Waals surface area contributed by atoms with Crippen molar-refractivity contribution in [2.75, 3.05) is 6.54 Å². The summed E-state index contributed by atoms with van der Waals surface area (Å²) < 4.78 is 0. The Bertz CT molecular complexity index is 1380. The second-order valence-corrected chi connectivity index (χ2v) is 14.2. The molecule has 1 aromatic rings. The monoisotopic (exact) mass is 654 g/mol. The summed E-state index contributed by atoms with van der Waals surface area (Å²) in [6.07, 6.45) is 8.18. The Labute approximate surface area is 276 Å². The molecule has 2 heterocycles. The number of likely N-dealkylation sites (tertiary alicyclic amines) is 1. The Morgan fingerprint density at radius 1 is 0.979 bits per heavy atom. The molecule has 258 valence electrons. The van der Waals surface area contributed by atoms with Crippen molar-refractivity contribution >= 4 is 41.1 Å². The first kappa shape index (κ1) is 35.8. The molecule has 0 bridgehead atoms. The van der Waals surface area contributed by atoms with Gasteiger partial charge in [0.15, 0.2) is 5.78 Å². The number of ketones is 2. The highest BCUT2D eigenvalue weighted by Gasteiger charge is 2.51. The molecule has 13 heteroatoms. The Morgan fingerprint density at radius 2 is 1.68 bits per heavy atom. The average Bonchev–Trinajstić information content (AvgIpc) is 3.55. The first-order valence-corrected chi connectivity index (χ1v) is 17.0. The third-order valence-electron chi connectivity index (χ3n) is 9.39. The van der Waals surface area contributed by atoms with Crippen molar-refractivity contribution in [1.29, 1.82) is 0 Å². The van der Waals surface area contributed by atoms with Crippen molar-refractivity contribution in [3.8, 4) is 0 Å². The molecule has 0 unspecified atom stereocenters. The van der Waals surface area contributed by atoms with Crippen molar-refractivity contribution in [1.82, 2.24) is 31.2 Å². The molecule has 3 aliphatic rings. The maximum atomic E-state index is 14.4. The Balaban J connectivity index is 1.47. The van der Waals surface area contributed by atoms with Crippen molar-refractivity contribution in [2.24, 2.45) is 11.3 Å². The normalized spacial score (nSPS) is 22.0. The van der Waals surface area contributed by atoms with E-state index < -0.39 is 65.4 Å². The zero-order valence-electron chi connectivity index (χ0n) is 28.2. The number of aromatic amines is 1. The predicted octanol–water partition coefficient (Wildman–Crippen LogP) is 2.16. The van der Waals surface area contributed by atoms with Crippen LogP contribution in [0.1, 0.15) is 120 Å². The van der Waals surface area contributed by atoms with Gasteiger partial charge in [-0.3, -0.25) is 33.6 Å². The van der Waals surface area contributed by atoms with E-state index in [1.54, 1.807) is 11.8 Å². The van der Waals surface area contributed by atoms with E-state index in [9.17, 15) is 33.6 Å². The molecule has 47 heavy (non-hydrogen) atoms. The minimum Gasteiger partial charge on any atom is -0.356 e. The number of hydrogen-bond acceptors (Lipinski definition) is 7. The second-order valence-electron chi connectivity index (χ2n) is 14.2. The van der Waals surface area contributed by atoms with Crippen LogP contribution in [-0.2, 0) is 24.0 Å². The molecule has 13 nitrogen and oxygen atoms in total. The van der Waals surface area contributed by atoms with Gasteiger partial charge in [-0.05, 0) is 55.9 Å². The van der Waals surface area contributed by atoms with Crippen molar-refractivity contribution in [2.45, 2.75) is 129 Å². The summed E-state index contributed by atoms with van der Waals surface area (Å²) in [5, 5.41) is 10.8. The molecule has 2 saturated carbocycles. The van der Waals surface area contributed by atoms with Gasteiger partial charge < -0.3 is 31.2 Å². The molecule has 5 N–H and O–H groups in total. The minimum atomic E-state index is -1.01. The van der Waals surface area contributed by atoms with Crippen LogP contribution in [0, 0.1) is 11.3 Å². The van der Waals surface area contributed by atoms with E-state index in [1.165, 1.54) is 12.3 Å². The standard InChI is InChI=1S/C34H50N6O7/c1-6-10-22(28(43)32(46)37-21-13-14-21)38-31(45)25-16-19-11-8-9-12-24(19)40(25)33(47)29(34(3,4)5)39-27(42)18-36-30(44)23-15-20(17-35-23)26(41)7-2/h15,17,19,21-22,24-25,29,35H,6-14,16,18H2,1-5H3,(H,36,44)(H,37,46)(H,38,45)(H,39,42)/t19-,22-,24-,25-,29+/m0/s1. The largest absolute Gasteiger partial charge is 0.356 e. The molecule has 1 saturated heterocycles. The van der Waals surface area contributed by atoms with Crippen LogP contribution in [0.3, 0.4) is 0 Å². The number of H-pyrrole nitrogens is 1. The molecule has 0 spiro atoms. The fourth-order valence-electron chi connectivity index (χ4n) is 6.64. The number of aromatic nitrogens is 1. The summed E-state index contributed by atoms with van der Waals surface area (Å²) in [5.41, 5.74) is -0.240. The first-order valence-electron chi connectivity index (χ1n) is 17.0. The molecule has 0 radical (unpaired) electrons. The first-order chi connectivity index (χ1) is 22.2. The number of carbonyl (C=O) groups excluding carboxylic acids is 7. The van der Waals surface area contributed by atoms with Crippen LogP contribution in [-0.4, -0.2) is 87.7 Å². The van der Waals surface area contributed by atoms with Crippen LogP contribution in [0.15, 0.2) is 12.3 Å². The number of Topliss-reactive ketones (excluding diaryl/α,β-unsaturated/α-hetero) is 2. The zero-order chi connectivity index (χ0) is 34.5. The molecular weight excluding hydrogens is 604 g/mol. The maximum absolute atomic E-state index is 14.4. The number of rotatable bonds is 14. The molecule has 3 fully saturated rings. The number of nitrogens with one attached hydrogen (secondary N) is 5. The third-order valence-corrected chi connectivity index (χ3v) is 9.39. The van der Waals surface area contributed by atoms with Gasteiger partial charge in [0, 0.05) is 30.3 Å². The molecule has 1 aliphatic heterocycles. The summed E-state index contributed by atoms with van der Waals surface area (Å²) in [5.74, 6) is -3.44. The van der Waals surface area contributed by atoms with E-state index in [1.807, 2.05) is 27.7 Å². The SMILES string of the molecule is CCC[C@H](NC(=O)[C@@H]1C[C@@H]2CCCC[C@@H]2N1C(=O)[C@@H](NC(=O)CNC(=O)c1cc(C(=O)CC)c[nH]1)C(C)(C)C)C(=O)C(=O)NC1CC1. The van der Waals surface area contributed by atoms with Gasteiger partial charge in [-0.25, -0.2) is 0 Å². The van der Waals surface area contributed by atoms with Crippen molar-refractivity contribution in [3.63, 3.8) is 0 Å². The lowest BCUT2D eigenvalue weighted by Gasteiger charge is -2.39. The van der Waals surface area contributed by atoms with Gasteiger partial charge in [0.1, 0.15) is 17.8 Å². The van der Waals surface area contributed by atoms with E-state index in [4.69, 9.17) is 0 Å².